The van der Waals surface area contributed by atoms with Crippen LogP contribution in [-0.2, 0) is 4.79 Å². The highest BCUT2D eigenvalue weighted by molar-refractivity contribution is 5.98. The molecule has 0 rings (SSSR count). The summed E-state index contributed by atoms with van der Waals surface area (Å²) < 4.78 is 0. The van der Waals surface area contributed by atoms with Gasteiger partial charge in [0, 0.05) is 5.70 Å². The van der Waals surface area contributed by atoms with Crippen molar-refractivity contribution >= 4 is 5.91 Å². The average molecular weight is 206 g/mol. The van der Waals surface area contributed by atoms with Gasteiger partial charge >= 0.3 is 0 Å². The van der Waals surface area contributed by atoms with E-state index in [0.717, 1.165) is 0 Å². The van der Waals surface area contributed by atoms with Crippen LogP contribution < -0.4 is 5.32 Å². The van der Waals surface area contributed by atoms with Crippen LogP contribution in [0.2, 0.25) is 0 Å². The van der Waals surface area contributed by atoms with Gasteiger partial charge in [-0.05, 0) is 26.8 Å². The molecule has 0 saturated heterocycles. The minimum Gasteiger partial charge on any atom is -0.511 e. The van der Waals surface area contributed by atoms with Crippen LogP contribution in [0, 0.1) is 11.3 Å². The lowest BCUT2D eigenvalue weighted by Crippen LogP contribution is -2.23. The molecule has 15 heavy (non-hydrogen) atoms. The molecule has 0 atom stereocenters. The van der Waals surface area contributed by atoms with E-state index in [-0.39, 0.29) is 11.3 Å². The topological polar surface area (TPSA) is 73.1 Å². The fourth-order valence-corrected chi connectivity index (χ4v) is 0.879. The normalized spacial score (nSPS) is 13.3. The van der Waals surface area contributed by atoms with Crippen molar-refractivity contribution in [2.45, 2.75) is 20.8 Å². The third-order valence-corrected chi connectivity index (χ3v) is 1.62. The number of nitrogens with one attached hydrogen (secondary N) is 1. The Morgan fingerprint density at radius 2 is 2.07 bits per heavy atom. The van der Waals surface area contributed by atoms with E-state index in [1.807, 2.05) is 6.92 Å². The Hall–Kier alpha value is -2.02. The Morgan fingerprint density at radius 1 is 1.47 bits per heavy atom. The maximum atomic E-state index is 11.4. The maximum absolute atomic E-state index is 11.4. The number of nitrogens with zero attached hydrogens (tertiary/aromatic N) is 1. The summed E-state index contributed by atoms with van der Waals surface area (Å²) in [6.07, 6.45) is 5.15. The number of nitriles is 1. The van der Waals surface area contributed by atoms with Gasteiger partial charge < -0.3 is 10.4 Å². The van der Waals surface area contributed by atoms with Gasteiger partial charge in [0.2, 0.25) is 0 Å². The number of carbonyl (C=O) groups excluding carboxylic acids is 1. The van der Waals surface area contributed by atoms with Gasteiger partial charge in [-0.15, -0.1) is 0 Å². The van der Waals surface area contributed by atoms with E-state index in [4.69, 9.17) is 10.4 Å². The second-order valence-corrected chi connectivity index (χ2v) is 2.77. The number of hydrogen-bond donors (Lipinski definition) is 2. The third-order valence-electron chi connectivity index (χ3n) is 1.62. The van der Waals surface area contributed by atoms with Crippen LogP contribution in [0.1, 0.15) is 20.8 Å². The van der Waals surface area contributed by atoms with E-state index in [1.54, 1.807) is 31.2 Å². The molecule has 0 saturated carbocycles. The molecule has 0 aliphatic rings. The number of allylic oxidation sites excluding steroid dienone is 4. The number of rotatable bonds is 3. The Bertz CT molecular complexity index is 367. The first-order valence-corrected chi connectivity index (χ1v) is 4.47. The largest absolute Gasteiger partial charge is 0.511 e. The molecule has 0 aliphatic carbocycles. The smallest absolute Gasteiger partial charge is 0.269 e. The van der Waals surface area contributed by atoms with Crippen molar-refractivity contribution < 1.29 is 9.90 Å². The van der Waals surface area contributed by atoms with Crippen LogP contribution in [0.3, 0.4) is 0 Å². The van der Waals surface area contributed by atoms with Crippen molar-refractivity contribution in [3.05, 3.63) is 35.3 Å². The zero-order chi connectivity index (χ0) is 11.8. The van der Waals surface area contributed by atoms with Crippen molar-refractivity contribution in [2.24, 2.45) is 0 Å². The number of aliphatic hydroxyl groups is 1. The SMILES string of the molecule is C/C=C\C(=C/C)NC(=O)/C(C#N)=C(/C)O. The van der Waals surface area contributed by atoms with Gasteiger partial charge in [0.25, 0.3) is 5.91 Å². The summed E-state index contributed by atoms with van der Waals surface area (Å²) in [6, 6.07) is 1.64. The van der Waals surface area contributed by atoms with Crippen molar-refractivity contribution in [3.63, 3.8) is 0 Å². The zero-order valence-electron chi connectivity index (χ0n) is 9.03. The van der Waals surface area contributed by atoms with Crippen LogP contribution in [0.4, 0.5) is 0 Å². The van der Waals surface area contributed by atoms with E-state index in [2.05, 4.69) is 5.32 Å². The van der Waals surface area contributed by atoms with Gasteiger partial charge in [0.1, 0.15) is 11.8 Å². The fraction of sp³-hybridized carbons (Fsp3) is 0.273. The predicted octanol–water partition coefficient (Wildman–Crippen LogP) is 1.94. The lowest BCUT2D eigenvalue weighted by Gasteiger charge is -2.04. The summed E-state index contributed by atoms with van der Waals surface area (Å²) in [4.78, 5) is 11.4. The quantitative estimate of drug-likeness (QED) is 0.321. The molecule has 0 spiro atoms. The second-order valence-electron chi connectivity index (χ2n) is 2.77. The fourth-order valence-electron chi connectivity index (χ4n) is 0.879. The lowest BCUT2D eigenvalue weighted by atomic mass is 10.2. The van der Waals surface area contributed by atoms with Gasteiger partial charge in [0.15, 0.2) is 5.57 Å². The van der Waals surface area contributed by atoms with E-state index < -0.39 is 5.91 Å². The van der Waals surface area contributed by atoms with Gasteiger partial charge in [0.05, 0.1) is 0 Å². The highest BCUT2D eigenvalue weighted by Gasteiger charge is 2.12. The molecule has 0 aromatic rings. The Morgan fingerprint density at radius 3 is 2.40 bits per heavy atom. The Kier molecular flexibility index (Phi) is 5.57. The van der Waals surface area contributed by atoms with E-state index in [0.29, 0.717) is 5.70 Å². The molecule has 0 bridgehead atoms. The highest BCUT2D eigenvalue weighted by Crippen LogP contribution is 2.01. The molecule has 4 nitrogen and oxygen atoms in total. The van der Waals surface area contributed by atoms with Crippen LogP contribution in [0.25, 0.3) is 0 Å². The summed E-state index contributed by atoms with van der Waals surface area (Å²) in [6.45, 7) is 4.87. The van der Waals surface area contributed by atoms with Crippen LogP contribution >= 0.6 is 0 Å². The standard InChI is InChI=1S/C11H14N2O2/c1-4-6-9(5-2)13-11(15)10(7-12)8(3)14/h4-6,14H,1-3H3,(H,13,15)/b6-4-,9-5+,10-8-. The summed E-state index contributed by atoms with van der Waals surface area (Å²) >= 11 is 0. The first-order chi connectivity index (χ1) is 7.06. The average Bonchev–Trinajstić information content (AvgIpc) is 2.17. The van der Waals surface area contributed by atoms with Crippen molar-refractivity contribution in [1.82, 2.24) is 5.32 Å². The van der Waals surface area contributed by atoms with Crippen LogP contribution in [-0.4, -0.2) is 11.0 Å². The molecular weight excluding hydrogens is 192 g/mol. The van der Waals surface area contributed by atoms with Gasteiger partial charge in [-0.3, -0.25) is 4.79 Å². The van der Waals surface area contributed by atoms with Gasteiger partial charge in [-0.1, -0.05) is 12.2 Å². The maximum Gasteiger partial charge on any atom is 0.269 e. The minimum absolute atomic E-state index is 0.279. The van der Waals surface area contributed by atoms with E-state index in [9.17, 15) is 4.79 Å². The van der Waals surface area contributed by atoms with Gasteiger partial charge in [-0.25, -0.2) is 0 Å². The monoisotopic (exact) mass is 206 g/mol. The highest BCUT2D eigenvalue weighted by atomic mass is 16.3. The summed E-state index contributed by atoms with van der Waals surface area (Å²) in [7, 11) is 0. The zero-order valence-corrected chi connectivity index (χ0v) is 9.03. The molecule has 0 aromatic carbocycles. The molecule has 2 N–H and O–H groups in total. The number of carbonyl (C=O) groups is 1. The molecule has 1 amide bonds. The molecule has 4 heteroatoms. The molecule has 0 unspecified atom stereocenters. The first kappa shape index (κ1) is 13.0. The Labute approximate surface area is 89.2 Å². The lowest BCUT2D eigenvalue weighted by molar-refractivity contribution is -0.116. The number of aliphatic hydroxyl groups excluding tert-OH is 1. The molecule has 0 fully saturated rings. The van der Waals surface area contributed by atoms with E-state index in [1.165, 1.54) is 6.92 Å². The van der Waals surface area contributed by atoms with Crippen molar-refractivity contribution in [1.29, 1.82) is 5.26 Å². The summed E-state index contributed by atoms with van der Waals surface area (Å²) in [5.74, 6) is -0.894. The Balaban J connectivity index is 4.79. The number of amides is 1. The predicted molar refractivity (Wildman–Crippen MR) is 57.7 cm³/mol. The molecular formula is C11H14N2O2. The first-order valence-electron chi connectivity index (χ1n) is 4.47. The van der Waals surface area contributed by atoms with Gasteiger partial charge in [-0.2, -0.15) is 5.26 Å². The summed E-state index contributed by atoms with van der Waals surface area (Å²) in [5, 5.41) is 20.2. The molecule has 0 aliphatic heterocycles. The summed E-state index contributed by atoms with van der Waals surface area (Å²) in [5.41, 5.74) is 0.301. The number of hydrogen-bond acceptors (Lipinski definition) is 3. The molecule has 0 radical (unpaired) electrons. The second kappa shape index (κ2) is 6.44. The van der Waals surface area contributed by atoms with Crippen LogP contribution in [0.15, 0.2) is 35.3 Å². The van der Waals surface area contributed by atoms with E-state index >= 15 is 0 Å². The molecule has 0 aromatic heterocycles. The molecule has 0 heterocycles. The van der Waals surface area contributed by atoms with Crippen molar-refractivity contribution in [2.75, 3.05) is 0 Å². The molecule has 80 valence electrons. The third kappa shape index (κ3) is 4.14. The minimum atomic E-state index is -0.608. The van der Waals surface area contributed by atoms with Crippen LogP contribution in [0.5, 0.6) is 0 Å². The van der Waals surface area contributed by atoms with Crippen molar-refractivity contribution in [3.8, 4) is 6.07 Å².